The van der Waals surface area contributed by atoms with Gasteiger partial charge in [-0.25, -0.2) is 9.97 Å². The number of benzene rings is 11. The van der Waals surface area contributed by atoms with Gasteiger partial charge >= 0.3 is 0 Å². The van der Waals surface area contributed by atoms with Gasteiger partial charge < -0.3 is 13.7 Å². The molecule has 0 spiro atoms. The van der Waals surface area contributed by atoms with E-state index in [2.05, 4.69) is 205 Å². The molecule has 11 aromatic carbocycles. The Labute approximate surface area is 349 Å². The predicted octanol–water partition coefficient (Wildman–Crippen LogP) is 15.7. The zero-order valence-electron chi connectivity index (χ0n) is 32.7. The molecule has 0 saturated heterocycles. The van der Waals surface area contributed by atoms with Gasteiger partial charge in [0, 0.05) is 49.7 Å². The molecule has 284 valence electrons. The Bertz CT molecular complexity index is 3540. The lowest BCUT2D eigenvalue weighted by Crippen LogP contribution is -2.09. The van der Waals surface area contributed by atoms with Crippen LogP contribution in [0.5, 0.6) is 0 Å². The topological polar surface area (TPSA) is 55.3 Å². The van der Waals surface area contributed by atoms with Crippen molar-refractivity contribution in [3.63, 3.8) is 0 Å². The molecular weight excluding hydrogens is 747 g/mol. The number of rotatable bonds is 5. The van der Waals surface area contributed by atoms with Crippen molar-refractivity contribution < 1.29 is 8.83 Å². The molecule has 0 aliphatic carbocycles. The number of nitrogens with zero attached hydrogens (tertiary/aromatic N) is 3. The third-order valence-corrected chi connectivity index (χ3v) is 12.2. The molecule has 5 nitrogen and oxygen atoms in total. The van der Waals surface area contributed by atoms with E-state index in [0.717, 1.165) is 82.7 Å². The molecule has 0 N–H and O–H groups in total. The average Bonchev–Trinajstić information content (AvgIpc) is 3.99. The van der Waals surface area contributed by atoms with Crippen LogP contribution in [0.25, 0.3) is 110 Å². The molecule has 0 radical (unpaired) electrons. The van der Waals surface area contributed by atoms with E-state index in [0.29, 0.717) is 11.8 Å². The molecular formula is C56H33N3O2. The van der Waals surface area contributed by atoms with Gasteiger partial charge in [0.25, 0.3) is 0 Å². The number of hydrogen-bond donors (Lipinski definition) is 0. The standard InChI is InChI=1S/C56H33N3O2/c1-2-12-37-32-39-33-42(30-25-38(39)31-36(37)11-1)59(40-26-21-34(22-27-40)55-57-51-47-17-7-3-13-43(47)45-15-5-9-19-49(45)53(51)60-55)41-28-23-35(24-29-41)56-58-52-48-18-8-4-14-44(48)46-16-6-10-20-50(46)54(52)61-56/h1-33H. The van der Waals surface area contributed by atoms with Crippen molar-refractivity contribution in [2.24, 2.45) is 0 Å². The first-order valence-electron chi connectivity index (χ1n) is 20.6. The maximum absolute atomic E-state index is 6.61. The molecule has 0 bridgehead atoms. The lowest BCUT2D eigenvalue weighted by Gasteiger charge is -2.26. The summed E-state index contributed by atoms with van der Waals surface area (Å²) in [5.41, 5.74) is 8.22. The summed E-state index contributed by atoms with van der Waals surface area (Å²) in [5, 5.41) is 13.8. The molecule has 5 heteroatoms. The van der Waals surface area contributed by atoms with E-state index >= 15 is 0 Å². The normalized spacial score (nSPS) is 11.9. The highest BCUT2D eigenvalue weighted by molar-refractivity contribution is 6.24. The van der Waals surface area contributed by atoms with E-state index in [9.17, 15) is 0 Å². The maximum atomic E-state index is 6.61. The van der Waals surface area contributed by atoms with Crippen molar-refractivity contribution in [3.05, 3.63) is 200 Å². The SMILES string of the molecule is c1ccc2cc3cc(N(c4ccc(-c5nc6c7ccccc7c7ccccc7c6o5)cc4)c4ccc(-c5nc6c7ccccc7c7ccccc7c6o5)cc4)ccc3cc2c1. The van der Waals surface area contributed by atoms with Gasteiger partial charge in [0.2, 0.25) is 11.8 Å². The van der Waals surface area contributed by atoms with Gasteiger partial charge in [-0.2, -0.15) is 0 Å². The van der Waals surface area contributed by atoms with Crippen molar-refractivity contribution in [2.75, 3.05) is 4.90 Å². The summed E-state index contributed by atoms with van der Waals surface area (Å²) < 4.78 is 13.2. The minimum Gasteiger partial charge on any atom is -0.435 e. The van der Waals surface area contributed by atoms with E-state index in [4.69, 9.17) is 18.8 Å². The van der Waals surface area contributed by atoms with Crippen LogP contribution in [0.4, 0.5) is 17.1 Å². The average molecular weight is 780 g/mol. The zero-order chi connectivity index (χ0) is 40.0. The molecule has 13 aromatic rings. The van der Waals surface area contributed by atoms with Gasteiger partial charge in [0.15, 0.2) is 11.2 Å². The first kappa shape index (κ1) is 33.7. The Hall–Kier alpha value is -8.28. The molecule has 0 unspecified atom stereocenters. The Morgan fingerprint density at radius 3 is 1.13 bits per heavy atom. The number of anilines is 3. The summed E-state index contributed by atoms with van der Waals surface area (Å²) >= 11 is 0. The molecule has 0 aliphatic heterocycles. The van der Waals surface area contributed by atoms with Gasteiger partial charge in [-0.1, -0.05) is 127 Å². The fraction of sp³-hybridized carbons (Fsp3) is 0. The van der Waals surface area contributed by atoms with Gasteiger partial charge in [-0.3, -0.25) is 0 Å². The fourth-order valence-electron chi connectivity index (χ4n) is 9.32. The van der Waals surface area contributed by atoms with Crippen LogP contribution in [0, 0.1) is 0 Å². The molecule has 0 aliphatic rings. The highest BCUT2D eigenvalue weighted by atomic mass is 16.4. The third-order valence-electron chi connectivity index (χ3n) is 12.2. The molecule has 2 heterocycles. The smallest absolute Gasteiger partial charge is 0.227 e. The number of hydrogen-bond acceptors (Lipinski definition) is 5. The maximum Gasteiger partial charge on any atom is 0.227 e. The Kier molecular flexibility index (Phi) is 7.24. The predicted molar refractivity (Wildman–Crippen MR) is 252 cm³/mol. The van der Waals surface area contributed by atoms with Crippen LogP contribution >= 0.6 is 0 Å². The van der Waals surface area contributed by atoms with E-state index in [1.165, 1.54) is 32.3 Å². The second kappa shape index (κ2) is 13.1. The number of oxazole rings is 2. The minimum atomic E-state index is 0.593. The molecule has 0 saturated carbocycles. The highest BCUT2D eigenvalue weighted by Gasteiger charge is 2.20. The van der Waals surface area contributed by atoms with Crippen LogP contribution in [-0.2, 0) is 0 Å². The van der Waals surface area contributed by atoms with Crippen molar-refractivity contribution in [2.45, 2.75) is 0 Å². The lowest BCUT2D eigenvalue weighted by atomic mass is 10.0. The Balaban J connectivity index is 0.931. The summed E-state index contributed by atoms with van der Waals surface area (Å²) in [4.78, 5) is 12.5. The molecule has 61 heavy (non-hydrogen) atoms. The summed E-state index contributed by atoms with van der Waals surface area (Å²) in [5.74, 6) is 1.19. The van der Waals surface area contributed by atoms with Crippen LogP contribution in [0.15, 0.2) is 209 Å². The van der Waals surface area contributed by atoms with Crippen LogP contribution in [0.1, 0.15) is 0 Å². The third kappa shape index (κ3) is 5.27. The van der Waals surface area contributed by atoms with Crippen molar-refractivity contribution in [1.82, 2.24) is 9.97 Å². The summed E-state index contributed by atoms with van der Waals surface area (Å²) in [7, 11) is 0. The minimum absolute atomic E-state index is 0.593. The fourth-order valence-corrected chi connectivity index (χ4v) is 9.32. The summed E-state index contributed by atoms with van der Waals surface area (Å²) in [6, 6.07) is 70.4. The van der Waals surface area contributed by atoms with Gasteiger partial charge in [0.05, 0.1) is 0 Å². The first-order valence-corrected chi connectivity index (χ1v) is 20.6. The van der Waals surface area contributed by atoms with E-state index < -0.39 is 0 Å². The van der Waals surface area contributed by atoms with E-state index in [1.807, 2.05) is 0 Å². The first-order chi connectivity index (χ1) is 30.2. The second-order valence-corrected chi connectivity index (χ2v) is 15.7. The van der Waals surface area contributed by atoms with Crippen LogP contribution in [0.3, 0.4) is 0 Å². The quantitative estimate of drug-likeness (QED) is 0.129. The van der Waals surface area contributed by atoms with Crippen LogP contribution in [0.2, 0.25) is 0 Å². The summed E-state index contributed by atoms with van der Waals surface area (Å²) in [6.07, 6.45) is 0. The van der Waals surface area contributed by atoms with Crippen molar-refractivity contribution >= 4 is 104 Å². The molecule has 0 fully saturated rings. The summed E-state index contributed by atoms with van der Waals surface area (Å²) in [6.45, 7) is 0. The van der Waals surface area contributed by atoms with Gasteiger partial charge in [-0.05, 0) is 116 Å². The zero-order valence-corrected chi connectivity index (χ0v) is 32.7. The van der Waals surface area contributed by atoms with Crippen LogP contribution in [-0.4, -0.2) is 9.97 Å². The Morgan fingerprint density at radius 2 is 0.656 bits per heavy atom. The second-order valence-electron chi connectivity index (χ2n) is 15.7. The van der Waals surface area contributed by atoms with Crippen LogP contribution < -0.4 is 4.90 Å². The largest absolute Gasteiger partial charge is 0.435 e. The van der Waals surface area contributed by atoms with Crippen molar-refractivity contribution in [3.8, 4) is 22.9 Å². The van der Waals surface area contributed by atoms with Gasteiger partial charge in [0.1, 0.15) is 11.0 Å². The monoisotopic (exact) mass is 779 g/mol. The molecule has 0 amide bonds. The van der Waals surface area contributed by atoms with E-state index in [-0.39, 0.29) is 0 Å². The molecule has 0 atom stereocenters. The van der Waals surface area contributed by atoms with E-state index in [1.54, 1.807) is 0 Å². The molecule has 2 aromatic heterocycles. The number of aromatic nitrogens is 2. The number of fused-ring (bicyclic) bond motifs is 14. The molecule has 13 rings (SSSR count). The highest BCUT2D eigenvalue weighted by Crippen LogP contribution is 2.42. The lowest BCUT2D eigenvalue weighted by molar-refractivity contribution is 0.622. The van der Waals surface area contributed by atoms with Crippen molar-refractivity contribution in [1.29, 1.82) is 0 Å². The van der Waals surface area contributed by atoms with Gasteiger partial charge in [-0.15, -0.1) is 0 Å². The Morgan fingerprint density at radius 1 is 0.295 bits per heavy atom.